The number of nitrogens with zero attached hydrogens (tertiary/aromatic N) is 1. The molecule has 0 radical (unpaired) electrons. The first-order valence-electron chi connectivity index (χ1n) is 8.32. The van der Waals surface area contributed by atoms with Crippen LogP contribution in [-0.2, 0) is 11.2 Å². The summed E-state index contributed by atoms with van der Waals surface area (Å²) < 4.78 is 0. The van der Waals surface area contributed by atoms with Crippen molar-refractivity contribution < 1.29 is 4.79 Å². The third-order valence-electron chi connectivity index (χ3n) is 3.91. The van der Waals surface area contributed by atoms with Crippen LogP contribution in [0.4, 0.5) is 5.00 Å². The van der Waals surface area contributed by atoms with Crippen LogP contribution < -0.4 is 10.2 Å². The fourth-order valence-corrected chi connectivity index (χ4v) is 3.28. The summed E-state index contributed by atoms with van der Waals surface area (Å²) in [6, 6.07) is 14.9. The second kappa shape index (κ2) is 11.2. The fraction of sp³-hybridized carbons (Fsp3) is 0.421. The molecule has 2 rings (SSSR count). The molecule has 1 atom stereocenters. The number of nitrogens with one attached hydrogen (secondary N) is 1. The third-order valence-corrected chi connectivity index (χ3v) is 4.80. The molecule has 0 spiro atoms. The molecule has 1 amide bonds. The highest BCUT2D eigenvalue weighted by Crippen LogP contribution is 2.22. The molecule has 1 N–H and O–H groups in total. The van der Waals surface area contributed by atoms with Crippen LogP contribution in [-0.4, -0.2) is 25.0 Å². The molecule has 2 aromatic rings. The van der Waals surface area contributed by atoms with Gasteiger partial charge in [0.25, 0.3) is 0 Å². The molecule has 0 saturated carbocycles. The summed E-state index contributed by atoms with van der Waals surface area (Å²) >= 11 is 1.63. The molecule has 0 aliphatic carbocycles. The van der Waals surface area contributed by atoms with Crippen LogP contribution in [0.15, 0.2) is 47.8 Å². The van der Waals surface area contributed by atoms with Crippen LogP contribution in [0.1, 0.15) is 32.3 Å². The van der Waals surface area contributed by atoms with Crippen molar-refractivity contribution in [3.05, 3.63) is 53.4 Å². The van der Waals surface area contributed by atoms with Crippen LogP contribution >= 0.6 is 23.7 Å². The number of rotatable bonds is 9. The van der Waals surface area contributed by atoms with Gasteiger partial charge >= 0.3 is 0 Å². The van der Waals surface area contributed by atoms with E-state index in [1.807, 2.05) is 35.4 Å². The van der Waals surface area contributed by atoms with Crippen molar-refractivity contribution in [1.29, 1.82) is 0 Å². The molecule has 0 aliphatic heterocycles. The van der Waals surface area contributed by atoms with Gasteiger partial charge in [-0.25, -0.2) is 0 Å². The summed E-state index contributed by atoms with van der Waals surface area (Å²) in [5, 5.41) is 6.62. The highest BCUT2D eigenvalue weighted by atomic mass is 35.5. The summed E-state index contributed by atoms with van der Waals surface area (Å²) in [5.41, 5.74) is 1.36. The zero-order chi connectivity index (χ0) is 16.5. The molecule has 0 fully saturated rings. The number of benzene rings is 1. The summed E-state index contributed by atoms with van der Waals surface area (Å²) in [7, 11) is 0. The molecule has 5 heteroatoms. The van der Waals surface area contributed by atoms with Gasteiger partial charge in [-0.2, -0.15) is 0 Å². The molecule has 0 aliphatic rings. The quantitative estimate of drug-likeness (QED) is 0.707. The number of carbonyl (C=O) groups excluding carboxylic acids is 1. The van der Waals surface area contributed by atoms with E-state index in [1.165, 1.54) is 5.56 Å². The molecule has 0 bridgehead atoms. The predicted octanol–water partition coefficient (Wildman–Crippen LogP) is 4.52. The summed E-state index contributed by atoms with van der Waals surface area (Å²) in [4.78, 5) is 14.1. The van der Waals surface area contributed by atoms with Gasteiger partial charge in [-0.3, -0.25) is 4.79 Å². The highest BCUT2D eigenvalue weighted by molar-refractivity contribution is 7.14. The van der Waals surface area contributed by atoms with Gasteiger partial charge in [-0.15, -0.1) is 23.7 Å². The average molecular weight is 367 g/mol. The SMILES string of the molecule is CCC(=O)N(CCC(C)NCCc1ccccc1)c1cccs1.Cl. The Labute approximate surface area is 155 Å². The molecule has 1 aromatic heterocycles. The molecule has 132 valence electrons. The van der Waals surface area contributed by atoms with Crippen molar-refractivity contribution in [2.24, 2.45) is 0 Å². The van der Waals surface area contributed by atoms with Gasteiger partial charge in [-0.1, -0.05) is 37.3 Å². The summed E-state index contributed by atoms with van der Waals surface area (Å²) in [6.45, 7) is 5.84. The van der Waals surface area contributed by atoms with Crippen LogP contribution in [0.3, 0.4) is 0 Å². The molecular weight excluding hydrogens is 340 g/mol. The first-order valence-corrected chi connectivity index (χ1v) is 9.20. The minimum Gasteiger partial charge on any atom is -0.314 e. The number of hydrogen-bond acceptors (Lipinski definition) is 3. The largest absolute Gasteiger partial charge is 0.314 e. The molecule has 1 heterocycles. The second-order valence-electron chi connectivity index (χ2n) is 5.73. The molecular formula is C19H27ClN2OS. The molecule has 24 heavy (non-hydrogen) atoms. The van der Waals surface area contributed by atoms with E-state index >= 15 is 0 Å². The van der Waals surface area contributed by atoms with Gasteiger partial charge in [0, 0.05) is 19.0 Å². The van der Waals surface area contributed by atoms with Gasteiger partial charge in [0.1, 0.15) is 0 Å². The number of amides is 1. The Hall–Kier alpha value is -1.36. The first-order chi connectivity index (χ1) is 11.2. The maximum absolute atomic E-state index is 12.1. The fourth-order valence-electron chi connectivity index (χ4n) is 2.50. The lowest BCUT2D eigenvalue weighted by molar-refractivity contribution is -0.118. The van der Waals surface area contributed by atoms with Crippen molar-refractivity contribution in [2.45, 2.75) is 39.2 Å². The maximum Gasteiger partial charge on any atom is 0.227 e. The minimum absolute atomic E-state index is 0. The summed E-state index contributed by atoms with van der Waals surface area (Å²) in [6.07, 6.45) is 2.54. The minimum atomic E-state index is 0. The van der Waals surface area contributed by atoms with E-state index in [1.54, 1.807) is 11.3 Å². The number of halogens is 1. The molecule has 0 saturated heterocycles. The Balaban J connectivity index is 0.00000288. The van der Waals surface area contributed by atoms with Crippen molar-refractivity contribution >= 4 is 34.7 Å². The Kier molecular flexibility index (Phi) is 9.69. The van der Waals surface area contributed by atoms with Crippen molar-refractivity contribution in [1.82, 2.24) is 5.32 Å². The number of thiophene rings is 1. The van der Waals surface area contributed by atoms with Gasteiger partial charge in [-0.05, 0) is 49.4 Å². The van der Waals surface area contributed by atoms with Crippen LogP contribution in [0, 0.1) is 0 Å². The van der Waals surface area contributed by atoms with E-state index in [2.05, 4.69) is 36.5 Å². The van der Waals surface area contributed by atoms with Gasteiger partial charge in [0.2, 0.25) is 5.91 Å². The smallest absolute Gasteiger partial charge is 0.227 e. The first kappa shape index (κ1) is 20.7. The standard InChI is InChI=1S/C19H26N2OS.ClH/c1-3-18(22)21(19-10-7-15-23-19)14-12-16(2)20-13-11-17-8-5-4-6-9-17;/h4-10,15-16,20H,3,11-14H2,1-2H3;1H. The van der Waals surface area contributed by atoms with E-state index in [0.717, 1.165) is 30.9 Å². The number of anilines is 1. The molecule has 1 aromatic carbocycles. The summed E-state index contributed by atoms with van der Waals surface area (Å²) in [5.74, 6) is 0.198. The Morgan fingerprint density at radius 3 is 2.58 bits per heavy atom. The zero-order valence-electron chi connectivity index (χ0n) is 14.4. The lowest BCUT2D eigenvalue weighted by Gasteiger charge is -2.23. The second-order valence-corrected chi connectivity index (χ2v) is 6.66. The zero-order valence-corrected chi connectivity index (χ0v) is 16.0. The topological polar surface area (TPSA) is 32.3 Å². The Morgan fingerprint density at radius 2 is 1.96 bits per heavy atom. The van der Waals surface area contributed by atoms with Gasteiger partial charge < -0.3 is 10.2 Å². The van der Waals surface area contributed by atoms with E-state index in [4.69, 9.17) is 0 Å². The predicted molar refractivity (Wildman–Crippen MR) is 106 cm³/mol. The van der Waals surface area contributed by atoms with Crippen molar-refractivity contribution in [2.75, 3.05) is 18.0 Å². The highest BCUT2D eigenvalue weighted by Gasteiger charge is 2.15. The number of carbonyl (C=O) groups is 1. The van der Waals surface area contributed by atoms with E-state index in [0.29, 0.717) is 12.5 Å². The van der Waals surface area contributed by atoms with Gasteiger partial charge in [0.15, 0.2) is 0 Å². The lowest BCUT2D eigenvalue weighted by atomic mass is 10.1. The average Bonchev–Trinajstić information content (AvgIpc) is 3.10. The van der Waals surface area contributed by atoms with E-state index in [-0.39, 0.29) is 18.3 Å². The Morgan fingerprint density at radius 1 is 1.21 bits per heavy atom. The van der Waals surface area contributed by atoms with Crippen LogP contribution in [0.2, 0.25) is 0 Å². The van der Waals surface area contributed by atoms with Crippen LogP contribution in [0.25, 0.3) is 0 Å². The number of hydrogen-bond donors (Lipinski definition) is 1. The molecule has 3 nitrogen and oxygen atoms in total. The van der Waals surface area contributed by atoms with E-state index in [9.17, 15) is 4.79 Å². The van der Waals surface area contributed by atoms with Crippen molar-refractivity contribution in [3.8, 4) is 0 Å². The van der Waals surface area contributed by atoms with Gasteiger partial charge in [0.05, 0.1) is 5.00 Å². The van der Waals surface area contributed by atoms with E-state index < -0.39 is 0 Å². The maximum atomic E-state index is 12.1. The monoisotopic (exact) mass is 366 g/mol. The Bertz CT molecular complexity index is 574. The third kappa shape index (κ3) is 6.63. The molecule has 1 unspecified atom stereocenters. The van der Waals surface area contributed by atoms with Crippen LogP contribution in [0.5, 0.6) is 0 Å². The lowest BCUT2D eigenvalue weighted by Crippen LogP contribution is -2.36. The van der Waals surface area contributed by atoms with Crippen molar-refractivity contribution in [3.63, 3.8) is 0 Å². The normalized spacial score (nSPS) is 11.6.